The fraction of sp³-hybridized carbons (Fsp3) is 0.167. The van der Waals surface area contributed by atoms with Gasteiger partial charge in [0, 0.05) is 11.9 Å². The van der Waals surface area contributed by atoms with E-state index in [2.05, 4.69) is 10.4 Å². The molecule has 7 heteroatoms. The predicted octanol–water partition coefficient (Wildman–Crippen LogP) is 2.54. The molecule has 19 heavy (non-hydrogen) atoms. The average Bonchev–Trinajstić information content (AvgIpc) is 2.78. The van der Waals surface area contributed by atoms with Gasteiger partial charge in [-0.05, 0) is 18.2 Å². The van der Waals surface area contributed by atoms with Crippen molar-refractivity contribution in [3.63, 3.8) is 0 Å². The van der Waals surface area contributed by atoms with E-state index in [9.17, 15) is 18.0 Å². The van der Waals surface area contributed by atoms with Gasteiger partial charge in [-0.25, -0.2) is 0 Å². The van der Waals surface area contributed by atoms with E-state index in [1.807, 2.05) is 0 Å². The van der Waals surface area contributed by atoms with Crippen LogP contribution in [0.4, 0.5) is 18.9 Å². The maximum Gasteiger partial charge on any atom is 0.435 e. The molecule has 1 heterocycles. The third-order valence-corrected chi connectivity index (χ3v) is 2.29. The van der Waals surface area contributed by atoms with Gasteiger partial charge in [0.1, 0.15) is 6.54 Å². The normalized spacial score (nSPS) is 11.3. The standard InChI is InChI=1S/C12H10F3N3O/c13-12(14,15)10-6-7-18(17-10)8-11(19)16-9-4-2-1-3-5-9/h1-7H,8H2,(H,16,19). The monoisotopic (exact) mass is 269 g/mol. The Morgan fingerprint density at radius 2 is 1.89 bits per heavy atom. The molecule has 1 aromatic carbocycles. The average molecular weight is 269 g/mol. The van der Waals surface area contributed by atoms with Gasteiger partial charge in [0.15, 0.2) is 5.69 Å². The first kappa shape index (κ1) is 13.1. The van der Waals surface area contributed by atoms with Crippen molar-refractivity contribution in [1.82, 2.24) is 9.78 Å². The van der Waals surface area contributed by atoms with Crippen molar-refractivity contribution in [2.75, 3.05) is 5.32 Å². The van der Waals surface area contributed by atoms with Gasteiger partial charge in [-0.3, -0.25) is 9.48 Å². The number of carbonyl (C=O) groups excluding carboxylic acids is 1. The highest BCUT2D eigenvalue weighted by molar-refractivity contribution is 5.90. The molecule has 0 spiro atoms. The van der Waals surface area contributed by atoms with Gasteiger partial charge in [-0.15, -0.1) is 0 Å². The van der Waals surface area contributed by atoms with E-state index < -0.39 is 17.8 Å². The number of anilines is 1. The number of hydrogen-bond donors (Lipinski definition) is 1. The van der Waals surface area contributed by atoms with Gasteiger partial charge in [0.05, 0.1) is 0 Å². The lowest BCUT2D eigenvalue weighted by atomic mass is 10.3. The van der Waals surface area contributed by atoms with Crippen LogP contribution in [0.5, 0.6) is 0 Å². The summed E-state index contributed by atoms with van der Waals surface area (Å²) in [4.78, 5) is 11.6. The van der Waals surface area contributed by atoms with Crippen molar-refractivity contribution >= 4 is 11.6 Å². The summed E-state index contributed by atoms with van der Waals surface area (Å²) in [6.07, 6.45) is -3.38. The molecule has 0 aliphatic heterocycles. The quantitative estimate of drug-likeness (QED) is 0.930. The van der Waals surface area contributed by atoms with Crippen LogP contribution in [0.2, 0.25) is 0 Å². The van der Waals surface area contributed by atoms with Crippen LogP contribution < -0.4 is 5.32 Å². The molecule has 4 nitrogen and oxygen atoms in total. The molecule has 1 amide bonds. The van der Waals surface area contributed by atoms with Gasteiger partial charge in [0.25, 0.3) is 0 Å². The van der Waals surface area contributed by atoms with E-state index in [0.717, 1.165) is 16.9 Å². The SMILES string of the molecule is O=C(Cn1ccc(C(F)(F)F)n1)Nc1ccccc1. The van der Waals surface area contributed by atoms with Crippen molar-refractivity contribution in [3.05, 3.63) is 48.3 Å². The van der Waals surface area contributed by atoms with Crippen LogP contribution in [-0.4, -0.2) is 15.7 Å². The number of alkyl halides is 3. The number of halogens is 3. The lowest BCUT2D eigenvalue weighted by Gasteiger charge is -2.05. The predicted molar refractivity (Wildman–Crippen MR) is 62.3 cm³/mol. The highest BCUT2D eigenvalue weighted by Gasteiger charge is 2.33. The van der Waals surface area contributed by atoms with E-state index in [1.54, 1.807) is 30.3 Å². The van der Waals surface area contributed by atoms with Gasteiger partial charge in [-0.2, -0.15) is 18.3 Å². The van der Waals surface area contributed by atoms with Crippen molar-refractivity contribution in [3.8, 4) is 0 Å². The molecular formula is C12H10F3N3O. The van der Waals surface area contributed by atoms with E-state index in [4.69, 9.17) is 0 Å². The van der Waals surface area contributed by atoms with Crippen LogP contribution >= 0.6 is 0 Å². The number of carbonyl (C=O) groups is 1. The van der Waals surface area contributed by atoms with Crippen LogP contribution in [0.1, 0.15) is 5.69 Å². The van der Waals surface area contributed by atoms with Gasteiger partial charge in [0.2, 0.25) is 5.91 Å². The maximum absolute atomic E-state index is 12.3. The van der Waals surface area contributed by atoms with E-state index >= 15 is 0 Å². The molecule has 0 saturated carbocycles. The summed E-state index contributed by atoms with van der Waals surface area (Å²) >= 11 is 0. The van der Waals surface area contributed by atoms with Gasteiger partial charge < -0.3 is 5.32 Å². The van der Waals surface area contributed by atoms with Crippen molar-refractivity contribution in [2.45, 2.75) is 12.7 Å². The molecule has 0 saturated heterocycles. The van der Waals surface area contributed by atoms with Gasteiger partial charge >= 0.3 is 6.18 Å². The lowest BCUT2D eigenvalue weighted by Crippen LogP contribution is -2.19. The van der Waals surface area contributed by atoms with Crippen molar-refractivity contribution < 1.29 is 18.0 Å². The first-order valence-corrected chi connectivity index (χ1v) is 5.41. The highest BCUT2D eigenvalue weighted by Crippen LogP contribution is 2.27. The summed E-state index contributed by atoms with van der Waals surface area (Å²) in [5.74, 6) is -0.442. The molecule has 2 aromatic rings. The van der Waals surface area contributed by atoms with E-state index in [-0.39, 0.29) is 6.54 Å². The fourth-order valence-corrected chi connectivity index (χ4v) is 1.47. The Balaban J connectivity index is 1.98. The molecule has 0 aliphatic rings. The Morgan fingerprint density at radius 3 is 2.47 bits per heavy atom. The van der Waals surface area contributed by atoms with Crippen molar-refractivity contribution in [2.24, 2.45) is 0 Å². The Morgan fingerprint density at radius 1 is 1.21 bits per heavy atom. The molecule has 0 aliphatic carbocycles. The van der Waals surface area contributed by atoms with E-state index in [1.165, 1.54) is 0 Å². The number of amides is 1. The third-order valence-electron chi connectivity index (χ3n) is 2.29. The molecule has 1 aromatic heterocycles. The molecule has 0 fully saturated rings. The van der Waals surface area contributed by atoms with Crippen molar-refractivity contribution in [1.29, 1.82) is 0 Å². The zero-order valence-electron chi connectivity index (χ0n) is 9.69. The second-order valence-electron chi connectivity index (χ2n) is 3.81. The molecule has 100 valence electrons. The summed E-state index contributed by atoms with van der Waals surface area (Å²) in [6, 6.07) is 9.47. The highest BCUT2D eigenvalue weighted by atomic mass is 19.4. The molecule has 0 unspecified atom stereocenters. The minimum atomic E-state index is -4.50. The number of nitrogens with one attached hydrogen (secondary N) is 1. The Bertz CT molecular complexity index is 563. The molecule has 1 N–H and O–H groups in total. The van der Waals surface area contributed by atoms with Crippen LogP contribution in [0.3, 0.4) is 0 Å². The number of benzene rings is 1. The molecule has 0 atom stereocenters. The molecule has 0 radical (unpaired) electrons. The van der Waals surface area contributed by atoms with Crippen LogP contribution in [0.25, 0.3) is 0 Å². The number of aromatic nitrogens is 2. The topological polar surface area (TPSA) is 46.9 Å². The van der Waals surface area contributed by atoms with E-state index in [0.29, 0.717) is 5.69 Å². The minimum absolute atomic E-state index is 0.273. The smallest absolute Gasteiger partial charge is 0.324 e. The summed E-state index contributed by atoms with van der Waals surface area (Å²) < 4.78 is 37.9. The Hall–Kier alpha value is -2.31. The molecule has 0 bridgehead atoms. The summed E-state index contributed by atoms with van der Waals surface area (Å²) in [5, 5.41) is 5.85. The van der Waals surface area contributed by atoms with Crippen LogP contribution in [0.15, 0.2) is 42.6 Å². The first-order valence-electron chi connectivity index (χ1n) is 5.41. The number of hydrogen-bond acceptors (Lipinski definition) is 2. The third kappa shape index (κ3) is 3.57. The van der Waals surface area contributed by atoms with Crippen LogP contribution in [-0.2, 0) is 17.5 Å². The summed E-state index contributed by atoms with van der Waals surface area (Å²) in [5.41, 5.74) is -0.435. The number of rotatable bonds is 3. The van der Waals surface area contributed by atoms with Gasteiger partial charge in [-0.1, -0.05) is 18.2 Å². The minimum Gasteiger partial charge on any atom is -0.324 e. The number of para-hydroxylation sites is 1. The second-order valence-corrected chi connectivity index (χ2v) is 3.81. The fourth-order valence-electron chi connectivity index (χ4n) is 1.47. The van der Waals surface area contributed by atoms with Crippen LogP contribution in [0, 0.1) is 0 Å². The molecular weight excluding hydrogens is 259 g/mol. The zero-order chi connectivity index (χ0) is 13.9. The molecule has 2 rings (SSSR count). The summed E-state index contributed by atoms with van der Waals surface area (Å²) in [7, 11) is 0. The lowest BCUT2D eigenvalue weighted by molar-refractivity contribution is -0.141. The largest absolute Gasteiger partial charge is 0.435 e. The first-order chi connectivity index (χ1) is 8.95. The number of nitrogens with zero attached hydrogens (tertiary/aromatic N) is 2. The Kier molecular flexibility index (Phi) is 3.55. The second kappa shape index (κ2) is 5.13. The maximum atomic E-state index is 12.3. The summed E-state index contributed by atoms with van der Waals surface area (Å²) in [6.45, 7) is -0.273. The Labute approximate surface area is 106 Å². The zero-order valence-corrected chi connectivity index (χ0v) is 9.69.